The van der Waals surface area contributed by atoms with Crippen LogP contribution < -0.4 is 0 Å². The van der Waals surface area contributed by atoms with E-state index < -0.39 is 0 Å². The van der Waals surface area contributed by atoms with Crippen LogP contribution in [0.2, 0.25) is 0 Å². The molecule has 0 fully saturated rings. The topological polar surface area (TPSA) is 26.0 Å². The smallest absolute Gasteiger partial charge is 0.189 e. The van der Waals surface area contributed by atoms with Gasteiger partial charge in [0.25, 0.3) is 0 Å². The second kappa shape index (κ2) is 2.32. The highest BCUT2D eigenvalue weighted by molar-refractivity contribution is 5.14. The monoisotopic (exact) mass is 157 g/mol. The maximum atomic E-state index is 13.1. The van der Waals surface area contributed by atoms with Gasteiger partial charge in [0.2, 0.25) is 0 Å². The molecule has 0 radical (unpaired) electrons. The highest BCUT2D eigenvalue weighted by Gasteiger charge is 2.25. The molecule has 0 bridgehead atoms. The normalized spacial score (nSPS) is 12.1. The van der Waals surface area contributed by atoms with E-state index >= 15 is 0 Å². The van der Waals surface area contributed by atoms with Gasteiger partial charge in [-0.2, -0.15) is 0 Å². The SMILES string of the molecule is Cc1noc(C(C)(C)C)c1F. The largest absolute Gasteiger partial charge is 0.357 e. The molecule has 0 amide bonds. The van der Waals surface area contributed by atoms with Crippen LogP contribution in [0.25, 0.3) is 0 Å². The third-order valence-electron chi connectivity index (χ3n) is 1.47. The van der Waals surface area contributed by atoms with Crippen LogP contribution in [0.1, 0.15) is 32.2 Å². The van der Waals surface area contributed by atoms with Gasteiger partial charge in [-0.1, -0.05) is 25.9 Å². The first-order chi connectivity index (χ1) is 4.93. The molecule has 0 spiro atoms. The van der Waals surface area contributed by atoms with Gasteiger partial charge >= 0.3 is 0 Å². The predicted octanol–water partition coefficient (Wildman–Crippen LogP) is 2.42. The summed E-state index contributed by atoms with van der Waals surface area (Å²) in [5.74, 6) is 0.00694. The molecular weight excluding hydrogens is 145 g/mol. The molecule has 1 heterocycles. The number of hydrogen-bond acceptors (Lipinski definition) is 2. The average Bonchev–Trinajstić information content (AvgIpc) is 2.11. The fourth-order valence-electron chi connectivity index (χ4n) is 0.825. The molecule has 0 aliphatic rings. The van der Waals surface area contributed by atoms with Gasteiger partial charge in [-0.15, -0.1) is 0 Å². The Labute approximate surface area is 65.4 Å². The van der Waals surface area contributed by atoms with Crippen molar-refractivity contribution in [2.75, 3.05) is 0 Å². The van der Waals surface area contributed by atoms with Crippen molar-refractivity contribution in [3.05, 3.63) is 17.3 Å². The summed E-state index contributed by atoms with van der Waals surface area (Å²) in [5.41, 5.74) is 0.0284. The van der Waals surface area contributed by atoms with E-state index in [9.17, 15) is 4.39 Å². The Morgan fingerprint density at radius 3 is 2.09 bits per heavy atom. The minimum absolute atomic E-state index is 0.300. The standard InChI is InChI=1S/C8H12FNO/c1-5-6(9)7(11-10-5)8(2,3)4/h1-4H3. The summed E-state index contributed by atoms with van der Waals surface area (Å²) in [7, 11) is 0. The second-order valence-electron chi connectivity index (χ2n) is 3.66. The third kappa shape index (κ3) is 1.42. The van der Waals surface area contributed by atoms with Crippen LogP contribution >= 0.6 is 0 Å². The summed E-state index contributed by atoms with van der Waals surface area (Å²) >= 11 is 0. The Morgan fingerprint density at radius 2 is 1.91 bits per heavy atom. The van der Waals surface area contributed by atoms with Crippen LogP contribution in [0.4, 0.5) is 4.39 Å². The maximum Gasteiger partial charge on any atom is 0.189 e. The van der Waals surface area contributed by atoms with Crippen molar-refractivity contribution in [1.29, 1.82) is 0 Å². The zero-order chi connectivity index (χ0) is 8.65. The van der Waals surface area contributed by atoms with Gasteiger partial charge in [-0.25, -0.2) is 4.39 Å². The number of hydrogen-bond donors (Lipinski definition) is 0. The Hall–Kier alpha value is -0.860. The van der Waals surface area contributed by atoms with Crippen LogP contribution in [0.5, 0.6) is 0 Å². The van der Waals surface area contributed by atoms with Gasteiger partial charge in [0.1, 0.15) is 5.69 Å². The van der Waals surface area contributed by atoms with E-state index in [1.807, 2.05) is 20.8 Å². The Morgan fingerprint density at radius 1 is 1.36 bits per heavy atom. The molecule has 0 aliphatic heterocycles. The summed E-state index contributed by atoms with van der Waals surface area (Å²) in [5, 5.41) is 3.53. The van der Waals surface area contributed by atoms with E-state index in [2.05, 4.69) is 5.16 Å². The second-order valence-corrected chi connectivity index (χ2v) is 3.66. The van der Waals surface area contributed by atoms with Gasteiger partial charge < -0.3 is 4.52 Å². The van der Waals surface area contributed by atoms with Crippen LogP contribution in [0.15, 0.2) is 4.52 Å². The number of halogens is 1. The van der Waals surface area contributed by atoms with Gasteiger partial charge in [0.15, 0.2) is 11.6 Å². The van der Waals surface area contributed by atoms with Crippen molar-refractivity contribution < 1.29 is 8.91 Å². The fourth-order valence-corrected chi connectivity index (χ4v) is 0.825. The summed E-state index contributed by atoms with van der Waals surface area (Å²) in [6, 6.07) is 0. The molecule has 3 heteroatoms. The molecule has 0 aromatic carbocycles. The summed E-state index contributed by atoms with van der Waals surface area (Å²) in [6.45, 7) is 7.25. The maximum absolute atomic E-state index is 13.1. The predicted molar refractivity (Wildman–Crippen MR) is 39.9 cm³/mol. The van der Waals surface area contributed by atoms with Crippen molar-refractivity contribution in [1.82, 2.24) is 5.16 Å². The number of nitrogens with zero attached hydrogens (tertiary/aromatic N) is 1. The van der Waals surface area contributed by atoms with Gasteiger partial charge in [0.05, 0.1) is 0 Å². The number of aromatic nitrogens is 1. The lowest BCUT2D eigenvalue weighted by Gasteiger charge is -2.12. The first kappa shape index (κ1) is 8.24. The summed E-state index contributed by atoms with van der Waals surface area (Å²) < 4.78 is 17.9. The lowest BCUT2D eigenvalue weighted by molar-refractivity contribution is 0.316. The molecule has 0 atom stereocenters. The first-order valence-corrected chi connectivity index (χ1v) is 3.55. The van der Waals surface area contributed by atoms with E-state index in [1.54, 1.807) is 6.92 Å². The molecule has 0 saturated heterocycles. The zero-order valence-corrected chi connectivity index (χ0v) is 7.23. The van der Waals surface area contributed by atoms with Crippen LogP contribution in [0, 0.1) is 12.7 Å². The van der Waals surface area contributed by atoms with E-state index in [0.717, 1.165) is 0 Å². The van der Waals surface area contributed by atoms with Crippen molar-refractivity contribution >= 4 is 0 Å². The van der Waals surface area contributed by atoms with Crippen molar-refractivity contribution in [3.8, 4) is 0 Å². The fraction of sp³-hybridized carbons (Fsp3) is 0.625. The van der Waals surface area contributed by atoms with E-state index in [0.29, 0.717) is 11.5 Å². The van der Waals surface area contributed by atoms with Crippen molar-refractivity contribution in [3.63, 3.8) is 0 Å². The van der Waals surface area contributed by atoms with E-state index in [-0.39, 0.29) is 11.2 Å². The molecule has 1 aromatic heterocycles. The highest BCUT2D eigenvalue weighted by Crippen LogP contribution is 2.25. The zero-order valence-electron chi connectivity index (χ0n) is 7.23. The molecule has 2 nitrogen and oxygen atoms in total. The minimum atomic E-state index is -0.322. The van der Waals surface area contributed by atoms with Gasteiger partial charge in [-0.3, -0.25) is 0 Å². The Balaban J connectivity index is 3.15. The molecule has 1 aromatic rings. The lowest BCUT2D eigenvalue weighted by atomic mass is 9.93. The summed E-state index contributed by atoms with van der Waals surface area (Å²) in [4.78, 5) is 0. The van der Waals surface area contributed by atoms with Crippen LogP contribution in [-0.4, -0.2) is 5.16 Å². The van der Waals surface area contributed by atoms with Crippen LogP contribution in [-0.2, 0) is 5.41 Å². The molecule has 1 rings (SSSR count). The quantitative estimate of drug-likeness (QED) is 0.578. The van der Waals surface area contributed by atoms with Crippen molar-refractivity contribution in [2.24, 2.45) is 0 Å². The number of rotatable bonds is 0. The lowest BCUT2D eigenvalue weighted by Crippen LogP contribution is -2.11. The minimum Gasteiger partial charge on any atom is -0.357 e. The average molecular weight is 157 g/mol. The Bertz CT molecular complexity index is 260. The first-order valence-electron chi connectivity index (χ1n) is 3.55. The molecular formula is C8H12FNO. The van der Waals surface area contributed by atoms with Crippen molar-refractivity contribution in [2.45, 2.75) is 33.1 Å². The van der Waals surface area contributed by atoms with Gasteiger partial charge in [-0.05, 0) is 6.92 Å². The highest BCUT2D eigenvalue weighted by atomic mass is 19.1. The van der Waals surface area contributed by atoms with Gasteiger partial charge in [0, 0.05) is 5.41 Å². The van der Waals surface area contributed by atoms with E-state index in [4.69, 9.17) is 4.52 Å². The number of aryl methyl sites for hydroxylation is 1. The van der Waals surface area contributed by atoms with E-state index in [1.165, 1.54) is 0 Å². The molecule has 0 saturated carbocycles. The molecule has 11 heavy (non-hydrogen) atoms. The molecule has 0 N–H and O–H groups in total. The van der Waals surface area contributed by atoms with Crippen LogP contribution in [0.3, 0.4) is 0 Å². The Kier molecular flexibility index (Phi) is 1.74. The molecule has 0 unspecified atom stereocenters. The molecule has 62 valence electrons. The third-order valence-corrected chi connectivity index (χ3v) is 1.47. The molecule has 0 aliphatic carbocycles. The summed E-state index contributed by atoms with van der Waals surface area (Å²) in [6.07, 6.45) is 0.